The second-order valence-corrected chi connectivity index (χ2v) is 4.71. The minimum absolute atomic E-state index is 0.176. The number of phenolic OH excluding ortho intramolecular Hbond substituents is 1. The van der Waals surface area contributed by atoms with E-state index in [4.69, 9.17) is 16.7 Å². The van der Waals surface area contributed by atoms with Crippen LogP contribution in [0.25, 0.3) is 0 Å². The molecular weight excluding hydrogens is 236 g/mol. The monoisotopic (exact) mass is 256 g/mol. The van der Waals surface area contributed by atoms with Crippen molar-refractivity contribution in [3.05, 3.63) is 23.2 Å². The maximum atomic E-state index is 9.14. The highest BCUT2D eigenvalue weighted by atomic mass is 35.5. The summed E-state index contributed by atoms with van der Waals surface area (Å²) < 4.78 is 0. The lowest BCUT2D eigenvalue weighted by atomic mass is 10.1. The molecule has 96 valence electrons. The van der Waals surface area contributed by atoms with E-state index in [0.29, 0.717) is 10.7 Å². The molecule has 0 saturated carbocycles. The molecule has 0 amide bonds. The van der Waals surface area contributed by atoms with E-state index in [1.165, 1.54) is 38.4 Å². The molecule has 2 rings (SSSR count). The number of rotatable bonds is 1. The van der Waals surface area contributed by atoms with Gasteiger partial charge in [0, 0.05) is 18.1 Å². The van der Waals surface area contributed by atoms with Gasteiger partial charge in [0.1, 0.15) is 5.75 Å². The van der Waals surface area contributed by atoms with Crippen LogP contribution in [0.1, 0.15) is 19.3 Å². The highest BCUT2D eigenvalue weighted by Gasteiger charge is 2.02. The van der Waals surface area contributed by atoms with E-state index < -0.39 is 0 Å². The minimum Gasteiger partial charge on any atom is -0.506 e. The molecule has 17 heavy (non-hydrogen) atoms. The first kappa shape index (κ1) is 14.1. The van der Waals surface area contributed by atoms with Crippen molar-refractivity contribution >= 4 is 17.3 Å². The zero-order chi connectivity index (χ0) is 12.7. The van der Waals surface area contributed by atoms with Gasteiger partial charge in [0.15, 0.2) is 0 Å². The van der Waals surface area contributed by atoms with Gasteiger partial charge in [-0.05, 0) is 45.1 Å². The molecule has 1 aromatic rings. The number of hydrogen-bond acceptors (Lipinski definition) is 3. The molecular formula is C13H21ClN2O. The van der Waals surface area contributed by atoms with Crippen LogP contribution in [0.4, 0.5) is 5.69 Å². The quantitative estimate of drug-likeness (QED) is 0.758. The zero-order valence-electron chi connectivity index (χ0n) is 10.5. The van der Waals surface area contributed by atoms with Crippen LogP contribution < -0.4 is 5.32 Å². The van der Waals surface area contributed by atoms with Gasteiger partial charge in [-0.3, -0.25) is 0 Å². The van der Waals surface area contributed by atoms with Crippen LogP contribution in [0.3, 0.4) is 0 Å². The van der Waals surface area contributed by atoms with E-state index in [1.54, 1.807) is 19.2 Å². The van der Waals surface area contributed by atoms with Gasteiger partial charge in [-0.2, -0.15) is 0 Å². The lowest BCUT2D eigenvalue weighted by molar-refractivity contribution is 0.277. The van der Waals surface area contributed by atoms with Crippen LogP contribution in [0.2, 0.25) is 5.02 Å². The van der Waals surface area contributed by atoms with Crippen molar-refractivity contribution in [2.45, 2.75) is 19.3 Å². The molecule has 1 aliphatic rings. The fourth-order valence-electron chi connectivity index (χ4n) is 1.77. The predicted molar refractivity (Wildman–Crippen MR) is 74.0 cm³/mol. The summed E-state index contributed by atoms with van der Waals surface area (Å²) in [6.07, 6.45) is 4.28. The third-order valence-electron chi connectivity index (χ3n) is 2.81. The molecule has 0 atom stereocenters. The Labute approximate surface area is 108 Å². The topological polar surface area (TPSA) is 35.5 Å². The fraction of sp³-hybridized carbons (Fsp3) is 0.538. The second-order valence-electron chi connectivity index (χ2n) is 4.28. The van der Waals surface area contributed by atoms with Crippen LogP contribution in [0.5, 0.6) is 5.75 Å². The largest absolute Gasteiger partial charge is 0.506 e. The Morgan fingerprint density at radius 1 is 1.24 bits per heavy atom. The maximum Gasteiger partial charge on any atom is 0.140 e. The smallest absolute Gasteiger partial charge is 0.140 e. The molecule has 1 saturated heterocycles. The standard InChI is InChI=1S/C7H8ClNO.C6H13N/c1-9-6-3-2-5(8)4-7(6)10;1-7-5-3-2-4-6-7/h2-4,9-10H,1H3;2-6H2,1H3. The first-order valence-corrected chi connectivity index (χ1v) is 6.36. The second kappa shape index (κ2) is 7.41. The number of nitrogens with zero attached hydrogens (tertiary/aromatic N) is 1. The van der Waals surface area contributed by atoms with E-state index in [2.05, 4.69) is 17.3 Å². The number of benzene rings is 1. The molecule has 0 radical (unpaired) electrons. The zero-order valence-corrected chi connectivity index (χ0v) is 11.3. The Morgan fingerprint density at radius 2 is 1.88 bits per heavy atom. The summed E-state index contributed by atoms with van der Waals surface area (Å²) in [6, 6.07) is 4.93. The van der Waals surface area contributed by atoms with E-state index >= 15 is 0 Å². The first-order valence-electron chi connectivity index (χ1n) is 5.98. The predicted octanol–water partition coefficient (Wildman–Crippen LogP) is 3.19. The number of aromatic hydroxyl groups is 1. The summed E-state index contributed by atoms with van der Waals surface area (Å²) >= 11 is 5.59. The Kier molecular flexibility index (Phi) is 6.16. The van der Waals surface area contributed by atoms with Crippen molar-refractivity contribution < 1.29 is 5.11 Å². The Morgan fingerprint density at radius 3 is 2.29 bits per heavy atom. The molecule has 0 unspecified atom stereocenters. The van der Waals surface area contributed by atoms with Crippen LogP contribution in [-0.2, 0) is 0 Å². The number of halogens is 1. The van der Waals surface area contributed by atoms with Gasteiger partial charge in [0.25, 0.3) is 0 Å². The number of piperidine rings is 1. The Hall–Kier alpha value is -0.930. The van der Waals surface area contributed by atoms with Crippen molar-refractivity contribution in [2.24, 2.45) is 0 Å². The molecule has 1 fully saturated rings. The fourth-order valence-corrected chi connectivity index (χ4v) is 1.93. The van der Waals surface area contributed by atoms with Crippen molar-refractivity contribution in [3.63, 3.8) is 0 Å². The van der Waals surface area contributed by atoms with E-state index in [9.17, 15) is 0 Å². The molecule has 4 heteroatoms. The molecule has 1 heterocycles. The van der Waals surface area contributed by atoms with Gasteiger partial charge < -0.3 is 15.3 Å². The average molecular weight is 257 g/mol. The summed E-state index contributed by atoms with van der Waals surface area (Å²) in [5, 5.41) is 12.5. The summed E-state index contributed by atoms with van der Waals surface area (Å²) in [6.45, 7) is 2.64. The number of hydrogen-bond donors (Lipinski definition) is 2. The number of anilines is 1. The van der Waals surface area contributed by atoms with E-state index in [1.807, 2.05) is 0 Å². The molecule has 0 bridgehead atoms. The first-order chi connectivity index (χ1) is 8.13. The van der Waals surface area contributed by atoms with Crippen LogP contribution in [0.15, 0.2) is 18.2 Å². The Bertz CT molecular complexity index is 338. The minimum atomic E-state index is 0.176. The molecule has 0 spiro atoms. The lowest BCUT2D eigenvalue weighted by Gasteiger charge is -2.20. The molecule has 2 N–H and O–H groups in total. The summed E-state index contributed by atoms with van der Waals surface area (Å²) in [4.78, 5) is 2.39. The molecule has 3 nitrogen and oxygen atoms in total. The van der Waals surface area contributed by atoms with Gasteiger partial charge in [-0.1, -0.05) is 18.0 Å². The molecule has 0 aromatic heterocycles. The number of nitrogens with one attached hydrogen (secondary N) is 1. The van der Waals surface area contributed by atoms with E-state index in [-0.39, 0.29) is 5.75 Å². The molecule has 1 aliphatic heterocycles. The van der Waals surface area contributed by atoms with Gasteiger partial charge >= 0.3 is 0 Å². The highest BCUT2D eigenvalue weighted by Crippen LogP contribution is 2.25. The number of likely N-dealkylation sites (tertiary alicyclic amines) is 1. The van der Waals surface area contributed by atoms with Crippen molar-refractivity contribution in [1.82, 2.24) is 4.90 Å². The van der Waals surface area contributed by atoms with E-state index in [0.717, 1.165) is 0 Å². The summed E-state index contributed by atoms with van der Waals surface area (Å²) in [5.74, 6) is 0.176. The SMILES string of the molecule is CN1CCCCC1.CNc1ccc(Cl)cc1O. The van der Waals surface area contributed by atoms with Gasteiger partial charge in [0.2, 0.25) is 0 Å². The third-order valence-corrected chi connectivity index (χ3v) is 3.04. The van der Waals surface area contributed by atoms with Crippen molar-refractivity contribution in [2.75, 3.05) is 32.5 Å². The average Bonchev–Trinajstić information content (AvgIpc) is 2.31. The van der Waals surface area contributed by atoms with Crippen LogP contribution in [-0.4, -0.2) is 37.2 Å². The van der Waals surface area contributed by atoms with Crippen molar-refractivity contribution in [3.8, 4) is 5.75 Å². The summed E-state index contributed by atoms with van der Waals surface area (Å²) in [7, 11) is 3.93. The highest BCUT2D eigenvalue weighted by molar-refractivity contribution is 6.30. The molecule has 0 aliphatic carbocycles. The number of phenols is 1. The van der Waals surface area contributed by atoms with Crippen LogP contribution in [0, 0.1) is 0 Å². The third kappa shape index (κ3) is 5.29. The van der Waals surface area contributed by atoms with Gasteiger partial charge in [-0.25, -0.2) is 0 Å². The van der Waals surface area contributed by atoms with Crippen LogP contribution >= 0.6 is 11.6 Å². The van der Waals surface area contributed by atoms with Crippen molar-refractivity contribution in [1.29, 1.82) is 0 Å². The van der Waals surface area contributed by atoms with Gasteiger partial charge in [0.05, 0.1) is 5.69 Å². The normalized spacial score (nSPS) is 15.9. The molecule has 1 aromatic carbocycles. The maximum absolute atomic E-state index is 9.14. The lowest BCUT2D eigenvalue weighted by Crippen LogP contribution is -2.24. The Balaban J connectivity index is 0.000000181. The van der Waals surface area contributed by atoms with Gasteiger partial charge in [-0.15, -0.1) is 0 Å². The summed E-state index contributed by atoms with van der Waals surface area (Å²) in [5.41, 5.74) is 0.685.